The number of hydrogen-bond acceptors (Lipinski definition) is 4. The number of methoxy groups -OCH3 is 1. The molecule has 190 valence electrons. The van der Waals surface area contributed by atoms with Crippen molar-refractivity contribution in [1.82, 2.24) is 10.2 Å². The summed E-state index contributed by atoms with van der Waals surface area (Å²) in [6.45, 7) is 5.32. The summed E-state index contributed by atoms with van der Waals surface area (Å²) >= 11 is 0. The number of amides is 2. The molecular formula is C29H40N2O4. The summed E-state index contributed by atoms with van der Waals surface area (Å²) in [6, 6.07) is 17.6. The number of carbonyl (C=O) groups is 2. The zero-order valence-corrected chi connectivity index (χ0v) is 21.3. The maximum absolute atomic E-state index is 13.3. The molecule has 0 radical (unpaired) electrons. The van der Waals surface area contributed by atoms with Crippen LogP contribution >= 0.6 is 0 Å². The molecule has 2 amide bonds. The number of aliphatic hydroxyl groups is 1. The van der Waals surface area contributed by atoms with Crippen molar-refractivity contribution in [2.75, 3.05) is 26.9 Å². The molecule has 0 saturated heterocycles. The molecule has 3 atom stereocenters. The standard InChI is InChI=1S/C29H40N2O4/c1-21(2)29(34)31(17-18-35-3)19-22-13-15-23(16-14-22)25-11-7-8-12-26(25)28(33)30-27(20-32)24-9-5-4-6-10-24/h4-6,9-10,13-16,21,25-27,32H,7-8,11-12,17-20H2,1-3H3,(H,30,33). The van der Waals surface area contributed by atoms with Crippen LogP contribution in [0.5, 0.6) is 0 Å². The molecule has 1 saturated carbocycles. The first kappa shape index (κ1) is 26.9. The lowest BCUT2D eigenvalue weighted by atomic mass is 9.74. The first-order valence-electron chi connectivity index (χ1n) is 12.8. The summed E-state index contributed by atoms with van der Waals surface area (Å²) in [5.41, 5.74) is 3.14. The molecule has 0 heterocycles. The van der Waals surface area contributed by atoms with E-state index in [1.165, 1.54) is 0 Å². The number of aliphatic hydroxyl groups excluding tert-OH is 1. The number of rotatable bonds is 11. The van der Waals surface area contributed by atoms with E-state index in [-0.39, 0.29) is 36.2 Å². The molecule has 35 heavy (non-hydrogen) atoms. The number of hydrogen-bond donors (Lipinski definition) is 2. The molecule has 6 nitrogen and oxygen atoms in total. The van der Waals surface area contributed by atoms with Gasteiger partial charge in [-0.3, -0.25) is 9.59 Å². The fourth-order valence-corrected chi connectivity index (χ4v) is 4.97. The summed E-state index contributed by atoms with van der Waals surface area (Å²) in [7, 11) is 1.65. The quantitative estimate of drug-likeness (QED) is 0.498. The van der Waals surface area contributed by atoms with Crippen LogP contribution in [0, 0.1) is 11.8 Å². The fourth-order valence-electron chi connectivity index (χ4n) is 4.97. The van der Waals surface area contributed by atoms with E-state index < -0.39 is 6.04 Å². The van der Waals surface area contributed by atoms with Crippen LogP contribution in [0.3, 0.4) is 0 Å². The van der Waals surface area contributed by atoms with E-state index in [0.717, 1.165) is 42.4 Å². The Bertz CT molecular complexity index is 929. The molecule has 2 aromatic rings. The highest BCUT2D eigenvalue weighted by molar-refractivity contribution is 5.80. The lowest BCUT2D eigenvalue weighted by Gasteiger charge is -2.32. The molecule has 2 N–H and O–H groups in total. The third-order valence-electron chi connectivity index (χ3n) is 6.96. The van der Waals surface area contributed by atoms with Gasteiger partial charge in [0.05, 0.1) is 19.3 Å². The van der Waals surface area contributed by atoms with Crippen LogP contribution in [0.1, 0.15) is 68.2 Å². The number of nitrogens with one attached hydrogen (secondary N) is 1. The van der Waals surface area contributed by atoms with E-state index >= 15 is 0 Å². The largest absolute Gasteiger partial charge is 0.394 e. The Hall–Kier alpha value is -2.70. The van der Waals surface area contributed by atoms with Gasteiger partial charge < -0.3 is 20.1 Å². The number of nitrogens with zero attached hydrogens (tertiary/aromatic N) is 1. The van der Waals surface area contributed by atoms with Gasteiger partial charge in [0.1, 0.15) is 0 Å². The molecule has 1 aliphatic carbocycles. The number of ether oxygens (including phenoxy) is 1. The van der Waals surface area contributed by atoms with Crippen LogP contribution in [0.25, 0.3) is 0 Å². The second-order valence-electron chi connectivity index (χ2n) is 9.80. The van der Waals surface area contributed by atoms with E-state index in [2.05, 4.69) is 29.6 Å². The minimum absolute atomic E-state index is 0.00921. The third-order valence-corrected chi connectivity index (χ3v) is 6.96. The average molecular weight is 481 g/mol. The topological polar surface area (TPSA) is 78.9 Å². The van der Waals surface area contributed by atoms with Crippen LogP contribution in [-0.2, 0) is 20.9 Å². The van der Waals surface area contributed by atoms with Crippen LogP contribution < -0.4 is 5.32 Å². The Morgan fingerprint density at radius 3 is 2.37 bits per heavy atom. The van der Waals surface area contributed by atoms with Crippen molar-refractivity contribution in [3.05, 3.63) is 71.3 Å². The minimum atomic E-state index is -0.398. The summed E-state index contributed by atoms with van der Waals surface area (Å²) < 4.78 is 5.19. The molecule has 0 spiro atoms. The summed E-state index contributed by atoms with van der Waals surface area (Å²) in [5, 5.41) is 13.0. The van der Waals surface area contributed by atoms with Crippen LogP contribution in [-0.4, -0.2) is 48.7 Å². The molecule has 6 heteroatoms. The normalized spacial score (nSPS) is 18.8. The molecule has 1 fully saturated rings. The van der Waals surface area contributed by atoms with Crippen LogP contribution in [0.4, 0.5) is 0 Å². The average Bonchev–Trinajstić information content (AvgIpc) is 2.90. The molecule has 3 unspecified atom stereocenters. The first-order chi connectivity index (χ1) is 16.9. The van der Waals surface area contributed by atoms with Gasteiger partial charge in [0.15, 0.2) is 0 Å². The van der Waals surface area contributed by atoms with E-state index in [4.69, 9.17) is 4.74 Å². The predicted molar refractivity (Wildman–Crippen MR) is 138 cm³/mol. The van der Waals surface area contributed by atoms with E-state index in [0.29, 0.717) is 19.7 Å². The molecule has 0 aliphatic heterocycles. The Morgan fingerprint density at radius 1 is 1.06 bits per heavy atom. The van der Waals surface area contributed by atoms with Gasteiger partial charge >= 0.3 is 0 Å². The number of benzene rings is 2. The van der Waals surface area contributed by atoms with Gasteiger partial charge in [0.25, 0.3) is 0 Å². The van der Waals surface area contributed by atoms with Gasteiger partial charge in [0.2, 0.25) is 11.8 Å². The van der Waals surface area contributed by atoms with Gasteiger partial charge in [-0.2, -0.15) is 0 Å². The Morgan fingerprint density at radius 2 is 1.74 bits per heavy atom. The highest BCUT2D eigenvalue weighted by Crippen LogP contribution is 2.38. The van der Waals surface area contributed by atoms with E-state index in [9.17, 15) is 14.7 Å². The maximum Gasteiger partial charge on any atom is 0.225 e. The SMILES string of the molecule is COCCN(Cc1ccc(C2CCCCC2C(=O)NC(CO)c2ccccc2)cc1)C(=O)C(C)C. The third kappa shape index (κ3) is 7.39. The smallest absolute Gasteiger partial charge is 0.225 e. The van der Waals surface area contributed by atoms with E-state index in [1.54, 1.807) is 7.11 Å². The van der Waals surface area contributed by atoms with Gasteiger partial charge in [0, 0.05) is 32.0 Å². The summed E-state index contributed by atoms with van der Waals surface area (Å²) in [6.07, 6.45) is 3.96. The minimum Gasteiger partial charge on any atom is -0.394 e. The summed E-state index contributed by atoms with van der Waals surface area (Å²) in [5.74, 6) is 0.0936. The highest BCUT2D eigenvalue weighted by atomic mass is 16.5. The van der Waals surface area contributed by atoms with Crippen molar-refractivity contribution in [1.29, 1.82) is 0 Å². The van der Waals surface area contributed by atoms with Crippen molar-refractivity contribution < 1.29 is 19.4 Å². The second kappa shape index (κ2) is 13.4. The van der Waals surface area contributed by atoms with Gasteiger partial charge in [-0.25, -0.2) is 0 Å². The fraction of sp³-hybridized carbons (Fsp3) is 0.517. The summed E-state index contributed by atoms with van der Waals surface area (Å²) in [4.78, 5) is 27.8. The van der Waals surface area contributed by atoms with Gasteiger partial charge in [-0.1, -0.05) is 81.3 Å². The van der Waals surface area contributed by atoms with Crippen LogP contribution in [0.2, 0.25) is 0 Å². The van der Waals surface area contributed by atoms with Crippen LogP contribution in [0.15, 0.2) is 54.6 Å². The Labute approximate surface area is 209 Å². The molecule has 0 bridgehead atoms. The first-order valence-corrected chi connectivity index (χ1v) is 12.8. The van der Waals surface area contributed by atoms with Crippen molar-refractivity contribution in [3.63, 3.8) is 0 Å². The highest BCUT2D eigenvalue weighted by Gasteiger charge is 2.33. The molecule has 3 rings (SSSR count). The Kier molecular flexibility index (Phi) is 10.3. The number of carbonyl (C=O) groups excluding carboxylic acids is 2. The maximum atomic E-state index is 13.3. The van der Waals surface area contributed by atoms with Gasteiger partial charge in [-0.15, -0.1) is 0 Å². The monoisotopic (exact) mass is 480 g/mol. The molecule has 1 aliphatic rings. The Balaban J connectivity index is 1.70. The lowest BCUT2D eigenvalue weighted by molar-refractivity contribution is -0.135. The van der Waals surface area contributed by atoms with Crippen molar-refractivity contribution >= 4 is 11.8 Å². The second-order valence-corrected chi connectivity index (χ2v) is 9.80. The molecule has 2 aromatic carbocycles. The molecular weight excluding hydrogens is 440 g/mol. The zero-order valence-electron chi connectivity index (χ0n) is 21.3. The lowest BCUT2D eigenvalue weighted by Crippen LogP contribution is -2.39. The molecule has 0 aromatic heterocycles. The zero-order chi connectivity index (χ0) is 25.2. The van der Waals surface area contributed by atoms with Crippen molar-refractivity contribution in [3.8, 4) is 0 Å². The predicted octanol–water partition coefficient (Wildman–Crippen LogP) is 4.44. The van der Waals surface area contributed by atoms with Crippen molar-refractivity contribution in [2.24, 2.45) is 11.8 Å². The van der Waals surface area contributed by atoms with Crippen molar-refractivity contribution in [2.45, 2.75) is 58.0 Å². The van der Waals surface area contributed by atoms with Gasteiger partial charge in [-0.05, 0) is 35.4 Å². The van der Waals surface area contributed by atoms with E-state index in [1.807, 2.05) is 49.1 Å².